The quantitative estimate of drug-likeness (QED) is 0.370. The predicted octanol–water partition coefficient (Wildman–Crippen LogP) is 4.51. The third-order valence-electron chi connectivity index (χ3n) is 9.23. The summed E-state index contributed by atoms with van der Waals surface area (Å²) in [7, 11) is 1.48. The van der Waals surface area contributed by atoms with E-state index < -0.39 is 5.97 Å². The normalized spacial score (nSPS) is 35.7. The van der Waals surface area contributed by atoms with Crippen LogP contribution in [0.15, 0.2) is 24.3 Å². The Bertz CT molecular complexity index is 1010. The van der Waals surface area contributed by atoms with Gasteiger partial charge in [-0.3, -0.25) is 4.79 Å². The molecule has 1 aliphatic heterocycles. The molecule has 3 aliphatic rings. The molecule has 186 valence electrons. The molecule has 4 rings (SSSR count). The lowest BCUT2D eigenvalue weighted by Crippen LogP contribution is -2.61. The first-order chi connectivity index (χ1) is 15.9. The highest BCUT2D eigenvalue weighted by Gasteiger charge is 2.81. The molecule has 7 heteroatoms. The van der Waals surface area contributed by atoms with E-state index in [0.29, 0.717) is 19.0 Å². The van der Waals surface area contributed by atoms with Crippen LogP contribution in [0.25, 0.3) is 6.08 Å². The molecule has 7 nitrogen and oxygen atoms in total. The van der Waals surface area contributed by atoms with E-state index in [4.69, 9.17) is 18.9 Å². The average molecular weight is 473 g/mol. The molecule has 2 saturated carbocycles. The summed E-state index contributed by atoms with van der Waals surface area (Å²) in [6.45, 7) is 11.4. The van der Waals surface area contributed by atoms with Gasteiger partial charge in [0.2, 0.25) is 0 Å². The number of ether oxygens (including phenoxy) is 4. The number of carbonyl (C=O) groups is 2. The lowest BCUT2D eigenvalue weighted by atomic mass is 9.45. The molecule has 1 saturated heterocycles. The Balaban J connectivity index is 1.56. The third-order valence-corrected chi connectivity index (χ3v) is 9.23. The molecule has 1 heterocycles. The standard InChI is InChI=1S/C27H36O7/c1-17(28)32-15-19-14-25(4)22(11-12-24(2,3)26(25,5)27(19)16-33-27)34-23(30)10-8-18-7-9-20(29)21(13-18)31-6/h7-10,13,19,22,29H,11-12,14-16H2,1-6H3/b10-8+/t19-,22-,25-,26+,27+/m0/s1. The summed E-state index contributed by atoms with van der Waals surface area (Å²) < 4.78 is 22.8. The smallest absolute Gasteiger partial charge is 0.331 e. The lowest BCUT2D eigenvalue weighted by molar-refractivity contribution is -0.190. The van der Waals surface area contributed by atoms with Crippen molar-refractivity contribution >= 4 is 18.0 Å². The topological polar surface area (TPSA) is 94.6 Å². The second-order valence-electron chi connectivity index (χ2n) is 11.0. The minimum Gasteiger partial charge on any atom is -0.504 e. The average Bonchev–Trinajstić information content (AvgIpc) is 3.55. The molecule has 0 bridgehead atoms. The zero-order valence-electron chi connectivity index (χ0n) is 21.0. The van der Waals surface area contributed by atoms with Crippen molar-refractivity contribution in [2.75, 3.05) is 20.3 Å². The summed E-state index contributed by atoms with van der Waals surface area (Å²) >= 11 is 0. The maximum atomic E-state index is 12.9. The van der Waals surface area contributed by atoms with Crippen molar-refractivity contribution in [3.63, 3.8) is 0 Å². The fourth-order valence-electron chi connectivity index (χ4n) is 6.98. The lowest BCUT2D eigenvalue weighted by Gasteiger charge is -2.60. The number of fused-ring (bicyclic) bond motifs is 2. The molecule has 34 heavy (non-hydrogen) atoms. The van der Waals surface area contributed by atoms with E-state index >= 15 is 0 Å². The summed E-state index contributed by atoms with van der Waals surface area (Å²) in [5.74, 6) is -0.258. The van der Waals surface area contributed by atoms with Gasteiger partial charge in [-0.1, -0.05) is 33.8 Å². The molecule has 1 spiro atoms. The van der Waals surface area contributed by atoms with E-state index in [1.54, 1.807) is 18.2 Å². The minimum atomic E-state index is -0.408. The van der Waals surface area contributed by atoms with Crippen LogP contribution >= 0.6 is 0 Å². The van der Waals surface area contributed by atoms with Crippen molar-refractivity contribution in [2.45, 2.75) is 65.6 Å². The molecule has 3 fully saturated rings. The van der Waals surface area contributed by atoms with Crippen LogP contribution in [0.1, 0.15) is 59.4 Å². The molecule has 1 aromatic carbocycles. The number of aromatic hydroxyl groups is 1. The molecule has 0 radical (unpaired) electrons. The summed E-state index contributed by atoms with van der Waals surface area (Å²) in [5.41, 5.74) is -0.273. The fraction of sp³-hybridized carbons (Fsp3) is 0.630. The molecular formula is C27H36O7. The van der Waals surface area contributed by atoms with Crippen LogP contribution < -0.4 is 4.74 Å². The Kier molecular flexibility index (Phi) is 6.00. The van der Waals surface area contributed by atoms with Gasteiger partial charge in [-0.25, -0.2) is 4.79 Å². The molecule has 5 atom stereocenters. The number of hydrogen-bond acceptors (Lipinski definition) is 7. The molecule has 1 aromatic rings. The van der Waals surface area contributed by atoms with E-state index in [0.717, 1.165) is 24.8 Å². The number of hydrogen-bond donors (Lipinski definition) is 1. The molecule has 0 unspecified atom stereocenters. The van der Waals surface area contributed by atoms with Gasteiger partial charge in [-0.2, -0.15) is 0 Å². The summed E-state index contributed by atoms with van der Waals surface area (Å²) in [4.78, 5) is 24.4. The Morgan fingerprint density at radius 1 is 1.24 bits per heavy atom. The fourth-order valence-corrected chi connectivity index (χ4v) is 6.98. The van der Waals surface area contributed by atoms with Gasteiger partial charge in [0.15, 0.2) is 11.5 Å². The number of methoxy groups -OCH3 is 1. The van der Waals surface area contributed by atoms with Crippen molar-refractivity contribution in [1.82, 2.24) is 0 Å². The predicted molar refractivity (Wildman–Crippen MR) is 126 cm³/mol. The summed E-state index contributed by atoms with van der Waals surface area (Å²) in [5, 5.41) is 9.77. The van der Waals surface area contributed by atoms with Gasteiger partial charge in [-0.05, 0) is 48.4 Å². The minimum absolute atomic E-state index is 0.0371. The van der Waals surface area contributed by atoms with Crippen molar-refractivity contribution in [3.8, 4) is 11.5 Å². The second kappa shape index (κ2) is 8.29. The van der Waals surface area contributed by atoms with Crippen molar-refractivity contribution in [2.24, 2.45) is 22.2 Å². The number of esters is 2. The van der Waals surface area contributed by atoms with Crippen LogP contribution in [0.3, 0.4) is 0 Å². The molecule has 0 aromatic heterocycles. The number of carbonyl (C=O) groups excluding carboxylic acids is 2. The van der Waals surface area contributed by atoms with E-state index in [1.165, 1.54) is 26.2 Å². The third kappa shape index (κ3) is 3.60. The molecule has 1 N–H and O–H groups in total. The van der Waals surface area contributed by atoms with Crippen LogP contribution in [-0.2, 0) is 23.8 Å². The van der Waals surface area contributed by atoms with Crippen LogP contribution in [-0.4, -0.2) is 49.1 Å². The Morgan fingerprint density at radius 3 is 2.56 bits per heavy atom. The number of benzene rings is 1. The highest BCUT2D eigenvalue weighted by atomic mass is 16.6. The zero-order chi connectivity index (χ0) is 24.9. The van der Waals surface area contributed by atoms with E-state index in [2.05, 4.69) is 27.7 Å². The van der Waals surface area contributed by atoms with Gasteiger partial charge in [0.25, 0.3) is 0 Å². The van der Waals surface area contributed by atoms with Gasteiger partial charge < -0.3 is 24.1 Å². The maximum absolute atomic E-state index is 12.9. The zero-order valence-corrected chi connectivity index (χ0v) is 21.0. The molecular weight excluding hydrogens is 436 g/mol. The number of phenols is 1. The maximum Gasteiger partial charge on any atom is 0.331 e. The van der Waals surface area contributed by atoms with Crippen molar-refractivity contribution in [1.29, 1.82) is 0 Å². The van der Waals surface area contributed by atoms with Gasteiger partial charge in [-0.15, -0.1) is 0 Å². The van der Waals surface area contributed by atoms with Crippen LogP contribution in [0, 0.1) is 22.2 Å². The van der Waals surface area contributed by atoms with Crippen LogP contribution in [0.4, 0.5) is 0 Å². The van der Waals surface area contributed by atoms with E-state index in [-0.39, 0.29) is 45.6 Å². The Morgan fingerprint density at radius 2 is 1.94 bits per heavy atom. The summed E-state index contributed by atoms with van der Waals surface area (Å²) in [6, 6.07) is 4.88. The SMILES string of the molecule is COc1cc(/C=C/C(=O)O[C@H]2CCC(C)(C)[C@]3(C)[C@@]2(C)C[C@@H](COC(C)=O)[C@]32CO2)ccc1O. The van der Waals surface area contributed by atoms with Gasteiger partial charge in [0, 0.05) is 29.7 Å². The Hall–Kier alpha value is -2.54. The number of epoxide rings is 1. The highest BCUT2D eigenvalue weighted by molar-refractivity contribution is 5.87. The number of rotatable bonds is 6. The van der Waals surface area contributed by atoms with Gasteiger partial charge in [0.05, 0.1) is 20.3 Å². The molecule has 2 aliphatic carbocycles. The van der Waals surface area contributed by atoms with E-state index in [1.807, 2.05) is 0 Å². The van der Waals surface area contributed by atoms with Crippen molar-refractivity contribution < 1.29 is 33.6 Å². The van der Waals surface area contributed by atoms with Gasteiger partial charge >= 0.3 is 11.9 Å². The number of phenolic OH excluding ortho intramolecular Hbond substituents is 1. The first kappa shape index (κ1) is 24.6. The summed E-state index contributed by atoms with van der Waals surface area (Å²) in [6.07, 6.45) is 5.23. The molecule has 0 amide bonds. The first-order valence-electron chi connectivity index (χ1n) is 11.9. The van der Waals surface area contributed by atoms with Crippen LogP contribution in [0.2, 0.25) is 0 Å². The Labute approximate surface area is 201 Å². The largest absolute Gasteiger partial charge is 0.504 e. The first-order valence-corrected chi connectivity index (χ1v) is 11.9. The van der Waals surface area contributed by atoms with Crippen LogP contribution in [0.5, 0.6) is 11.5 Å². The highest BCUT2D eigenvalue weighted by Crippen LogP contribution is 2.77. The van der Waals surface area contributed by atoms with Gasteiger partial charge in [0.1, 0.15) is 11.7 Å². The monoisotopic (exact) mass is 472 g/mol. The second-order valence-corrected chi connectivity index (χ2v) is 11.0. The van der Waals surface area contributed by atoms with E-state index in [9.17, 15) is 14.7 Å². The van der Waals surface area contributed by atoms with Crippen molar-refractivity contribution in [3.05, 3.63) is 29.8 Å².